The van der Waals surface area contributed by atoms with Gasteiger partial charge in [-0.2, -0.15) is 10.2 Å². The number of carbonyl (C=O) groups is 1. The van der Waals surface area contributed by atoms with Crippen molar-refractivity contribution in [2.24, 2.45) is 0 Å². The van der Waals surface area contributed by atoms with Gasteiger partial charge in [-0.15, -0.1) is 0 Å². The van der Waals surface area contributed by atoms with E-state index >= 15 is 0 Å². The van der Waals surface area contributed by atoms with Crippen molar-refractivity contribution in [3.05, 3.63) is 47.3 Å². The summed E-state index contributed by atoms with van der Waals surface area (Å²) < 4.78 is 5.75. The summed E-state index contributed by atoms with van der Waals surface area (Å²) in [5, 5.41) is 45.4. The maximum Gasteiger partial charge on any atom is 0.451 e. The lowest BCUT2D eigenvalue weighted by Gasteiger charge is -2.38. The lowest BCUT2D eigenvalue weighted by molar-refractivity contribution is 0.0126. The minimum absolute atomic E-state index is 0.00716. The monoisotopic (exact) mass is 373 g/mol. The van der Waals surface area contributed by atoms with Gasteiger partial charge in [-0.3, -0.25) is 4.90 Å². The third-order valence-electron chi connectivity index (χ3n) is 4.34. The maximum absolute atomic E-state index is 11.6. The summed E-state index contributed by atoms with van der Waals surface area (Å²) in [5.74, 6) is -1.61. The lowest BCUT2D eigenvalue weighted by atomic mass is 9.82. The fourth-order valence-electron chi connectivity index (χ4n) is 2.96. The molecule has 0 unspecified atom stereocenters. The fraction of sp³-hybridized carbons (Fsp3) is 0.353. The van der Waals surface area contributed by atoms with Gasteiger partial charge in [-0.1, -0.05) is 6.07 Å². The number of ether oxygens (including phenoxy) is 1. The highest BCUT2D eigenvalue weighted by molar-refractivity contribution is 6.41. The van der Waals surface area contributed by atoms with E-state index in [2.05, 4.69) is 15.1 Å². The Hall–Kier alpha value is -2.69. The zero-order valence-electron chi connectivity index (χ0n) is 14.5. The molecular formula is C17H20BN3O6. The summed E-state index contributed by atoms with van der Waals surface area (Å²) in [6, 6.07) is 6.72. The van der Waals surface area contributed by atoms with Gasteiger partial charge in [-0.25, -0.2) is 4.79 Å². The first kappa shape index (κ1) is 19.1. The number of aryl methyl sites for hydroxylation is 1. The normalized spacial score (nSPS) is 14.6. The van der Waals surface area contributed by atoms with Gasteiger partial charge < -0.3 is 25.0 Å². The predicted molar refractivity (Wildman–Crippen MR) is 95.5 cm³/mol. The highest BCUT2D eigenvalue weighted by atomic mass is 16.5. The highest BCUT2D eigenvalue weighted by Gasteiger charge is 2.31. The smallest absolute Gasteiger partial charge is 0.451 e. The van der Waals surface area contributed by atoms with Gasteiger partial charge in [0.1, 0.15) is 23.2 Å². The van der Waals surface area contributed by atoms with Gasteiger partial charge in [0.25, 0.3) is 0 Å². The van der Waals surface area contributed by atoms with E-state index in [0.717, 1.165) is 5.69 Å². The molecule has 1 saturated heterocycles. The number of carboxylic acids is 1. The Bertz CT molecular complexity index is 799. The molecule has 4 N–H and O–H groups in total. The van der Waals surface area contributed by atoms with Gasteiger partial charge >= 0.3 is 13.1 Å². The van der Waals surface area contributed by atoms with Crippen LogP contribution < -0.4 is 4.74 Å². The molecule has 0 saturated carbocycles. The molecule has 142 valence electrons. The summed E-state index contributed by atoms with van der Waals surface area (Å²) in [6.07, 6.45) is 1.55. The number of benzene rings is 1. The number of aromatic nitrogens is 2. The van der Waals surface area contributed by atoms with Gasteiger partial charge in [-0.05, 0) is 36.5 Å². The Morgan fingerprint density at radius 1 is 1.30 bits per heavy atom. The molecule has 0 spiro atoms. The van der Waals surface area contributed by atoms with E-state index in [9.17, 15) is 15.0 Å². The third-order valence-corrected chi connectivity index (χ3v) is 4.34. The van der Waals surface area contributed by atoms with Crippen molar-refractivity contribution < 1.29 is 29.8 Å². The largest absolute Gasteiger partial charge is 0.507 e. The molecule has 9 nitrogen and oxygen atoms in total. The van der Waals surface area contributed by atoms with Gasteiger partial charge in [0, 0.05) is 25.8 Å². The van der Waals surface area contributed by atoms with E-state index in [4.69, 9.17) is 14.8 Å². The van der Waals surface area contributed by atoms with Crippen molar-refractivity contribution >= 4 is 13.1 Å². The Kier molecular flexibility index (Phi) is 5.89. The first-order chi connectivity index (χ1) is 12.9. The Balaban J connectivity index is 1.63. The summed E-state index contributed by atoms with van der Waals surface area (Å²) >= 11 is 0. The van der Waals surface area contributed by atoms with Gasteiger partial charge in [0.15, 0.2) is 0 Å². The number of likely N-dealkylation sites (tertiary alicyclic amines) is 1. The molecule has 2 aromatic rings. The Morgan fingerprint density at radius 2 is 2.07 bits per heavy atom. The van der Waals surface area contributed by atoms with Gasteiger partial charge in [0.05, 0.1) is 5.69 Å². The van der Waals surface area contributed by atoms with Crippen LogP contribution >= 0.6 is 0 Å². The molecule has 1 aliphatic heterocycles. The van der Waals surface area contributed by atoms with Crippen LogP contribution in [-0.2, 0) is 13.0 Å². The second-order valence-corrected chi connectivity index (χ2v) is 6.42. The molecule has 0 amide bonds. The van der Waals surface area contributed by atoms with Crippen LogP contribution in [0.5, 0.6) is 11.5 Å². The van der Waals surface area contributed by atoms with Crippen LogP contribution in [0.1, 0.15) is 21.6 Å². The summed E-state index contributed by atoms with van der Waals surface area (Å²) in [4.78, 5) is 13.7. The standard InChI is InChI=1S/C17H20BN3O6/c22-16-11(5-6-18(25)26)3-4-14(15(16)17(23)24)27-13-9-21(10-13)8-12-2-1-7-19-20-12/h1-4,7,13,22,25-26H,5-6,8-10H2,(H,23,24). The Morgan fingerprint density at radius 3 is 2.70 bits per heavy atom. The molecule has 1 aliphatic rings. The molecule has 1 fully saturated rings. The molecule has 3 rings (SSSR count). The number of hydrogen-bond acceptors (Lipinski definition) is 8. The van der Waals surface area contributed by atoms with Crippen molar-refractivity contribution in [2.45, 2.75) is 25.4 Å². The molecule has 1 aromatic heterocycles. The highest BCUT2D eigenvalue weighted by Crippen LogP contribution is 2.34. The van der Waals surface area contributed by atoms with Crippen molar-refractivity contribution in [3.8, 4) is 11.5 Å². The van der Waals surface area contributed by atoms with E-state index < -0.39 is 18.8 Å². The number of rotatable bonds is 8. The number of aromatic hydroxyl groups is 1. The van der Waals surface area contributed by atoms with Crippen LogP contribution in [0.25, 0.3) is 0 Å². The summed E-state index contributed by atoms with van der Waals surface area (Å²) in [7, 11) is -1.52. The van der Waals surface area contributed by atoms with Crippen LogP contribution in [0.15, 0.2) is 30.5 Å². The molecule has 0 aliphatic carbocycles. The van der Waals surface area contributed by atoms with Crippen molar-refractivity contribution in [2.75, 3.05) is 13.1 Å². The van der Waals surface area contributed by atoms with Crippen LogP contribution in [0.2, 0.25) is 6.32 Å². The average molecular weight is 373 g/mol. The molecule has 27 heavy (non-hydrogen) atoms. The number of hydrogen-bond donors (Lipinski definition) is 4. The van der Waals surface area contributed by atoms with Crippen molar-refractivity contribution in [1.82, 2.24) is 15.1 Å². The van der Waals surface area contributed by atoms with Crippen LogP contribution in [0, 0.1) is 0 Å². The SMILES string of the molecule is O=C(O)c1c(OC2CN(Cc3cccnn3)C2)ccc(CCB(O)O)c1O. The number of phenols is 1. The van der Waals surface area contributed by atoms with Crippen LogP contribution in [0.3, 0.4) is 0 Å². The van der Waals surface area contributed by atoms with Crippen molar-refractivity contribution in [3.63, 3.8) is 0 Å². The zero-order chi connectivity index (χ0) is 19.4. The first-order valence-corrected chi connectivity index (χ1v) is 8.54. The predicted octanol–water partition coefficient (Wildman–Crippen LogP) is 0.159. The molecule has 0 atom stereocenters. The second-order valence-electron chi connectivity index (χ2n) is 6.42. The average Bonchev–Trinajstić information content (AvgIpc) is 2.59. The van der Waals surface area contributed by atoms with E-state index in [1.807, 2.05) is 12.1 Å². The summed E-state index contributed by atoms with van der Waals surface area (Å²) in [6.45, 7) is 1.84. The number of nitrogens with zero attached hydrogens (tertiary/aromatic N) is 3. The quantitative estimate of drug-likeness (QED) is 0.477. The molecule has 2 heterocycles. The van der Waals surface area contributed by atoms with E-state index in [1.54, 1.807) is 6.20 Å². The maximum atomic E-state index is 11.6. The number of carboxylic acid groups (broad SMARTS) is 1. The molecule has 0 bridgehead atoms. The second kappa shape index (κ2) is 8.34. The van der Waals surface area contributed by atoms with E-state index in [1.165, 1.54) is 12.1 Å². The molecule has 1 aromatic carbocycles. The zero-order valence-corrected chi connectivity index (χ0v) is 14.5. The summed E-state index contributed by atoms with van der Waals surface area (Å²) in [5.41, 5.74) is 0.855. The van der Waals surface area contributed by atoms with Gasteiger partial charge in [0.2, 0.25) is 0 Å². The molecular weight excluding hydrogens is 353 g/mol. The van der Waals surface area contributed by atoms with Crippen LogP contribution in [0.4, 0.5) is 0 Å². The van der Waals surface area contributed by atoms with E-state index in [-0.39, 0.29) is 30.2 Å². The third kappa shape index (κ3) is 4.73. The Labute approximate surface area is 156 Å². The van der Waals surface area contributed by atoms with Crippen molar-refractivity contribution in [1.29, 1.82) is 0 Å². The van der Waals surface area contributed by atoms with E-state index in [0.29, 0.717) is 25.2 Å². The topological polar surface area (TPSA) is 136 Å². The van der Waals surface area contributed by atoms with Crippen LogP contribution in [-0.4, -0.2) is 67.6 Å². The molecule has 0 radical (unpaired) electrons. The minimum Gasteiger partial charge on any atom is -0.507 e. The number of aromatic carboxylic acids is 1. The fourth-order valence-corrected chi connectivity index (χ4v) is 2.96. The lowest BCUT2D eigenvalue weighted by Crippen LogP contribution is -2.53. The molecule has 10 heteroatoms. The minimum atomic E-state index is -1.52. The first-order valence-electron chi connectivity index (χ1n) is 8.54.